The van der Waals surface area contributed by atoms with Crippen molar-refractivity contribution in [1.82, 2.24) is 25.5 Å². The molecule has 1 aromatic heterocycles. The van der Waals surface area contributed by atoms with Gasteiger partial charge in [-0.3, -0.25) is 24.4 Å². The molecule has 0 unspecified atom stereocenters. The summed E-state index contributed by atoms with van der Waals surface area (Å²) in [7, 11) is 0. The van der Waals surface area contributed by atoms with Crippen LogP contribution in [0.4, 0.5) is 8.78 Å². The average molecular weight is 614 g/mol. The molecule has 3 atom stereocenters. The molecule has 43 heavy (non-hydrogen) atoms. The fourth-order valence-corrected chi connectivity index (χ4v) is 4.66. The van der Waals surface area contributed by atoms with Gasteiger partial charge in [-0.25, -0.2) is 8.78 Å². The van der Waals surface area contributed by atoms with Crippen LogP contribution in [-0.2, 0) is 27.6 Å². The standard InChI is InChI=1S/C30H33F2N5O3.O2S/c1-3-19(2)28(38)36-26(18-34-29(39)21-9-11-22(31)12-10-21)30(40)37-13-5-8-27(37)25-17-33-16-24(35-25)15-20-6-4-7-23(32)14-20;1-3-2/h4,6-7,9-12,14,16-17,19,26-27H,3,5,8,13,15,18H2,1-2H3,(H,34,39)(H,36,38);/t19-,26+,27-;/m1./s1. The predicted octanol–water partition coefficient (Wildman–Crippen LogP) is 3.30. The molecule has 2 heterocycles. The van der Waals surface area contributed by atoms with Gasteiger partial charge in [0, 0.05) is 37.2 Å². The smallest absolute Gasteiger partial charge is 0.335 e. The molecule has 10 nitrogen and oxygen atoms in total. The largest absolute Gasteiger partial charge is 0.349 e. The normalized spacial score (nSPS) is 15.4. The molecule has 0 aliphatic carbocycles. The van der Waals surface area contributed by atoms with Gasteiger partial charge in [0.1, 0.15) is 17.7 Å². The Balaban J connectivity index is 0.00000162. The highest BCUT2D eigenvalue weighted by atomic mass is 32.1. The molecule has 3 amide bonds. The number of amides is 3. The second kappa shape index (κ2) is 16.3. The summed E-state index contributed by atoms with van der Waals surface area (Å²) in [6, 6.07) is 9.99. The van der Waals surface area contributed by atoms with E-state index in [2.05, 4.69) is 15.6 Å². The second-order valence-electron chi connectivity index (χ2n) is 10.1. The van der Waals surface area contributed by atoms with Gasteiger partial charge in [0.05, 0.1) is 23.6 Å². The first-order valence-electron chi connectivity index (χ1n) is 13.8. The first kappa shape index (κ1) is 33.1. The Hall–Kier alpha value is -4.39. The zero-order chi connectivity index (χ0) is 31.4. The van der Waals surface area contributed by atoms with Gasteiger partial charge in [-0.05, 0) is 61.2 Å². The van der Waals surface area contributed by atoms with E-state index in [0.717, 1.165) is 12.0 Å². The second-order valence-corrected chi connectivity index (χ2v) is 10.2. The molecule has 228 valence electrons. The van der Waals surface area contributed by atoms with Crippen molar-refractivity contribution in [3.63, 3.8) is 0 Å². The molecule has 1 aliphatic heterocycles. The summed E-state index contributed by atoms with van der Waals surface area (Å²) in [5.74, 6) is -2.22. The minimum absolute atomic E-state index is 0.133. The molecule has 0 radical (unpaired) electrons. The van der Waals surface area contributed by atoms with E-state index < -0.39 is 29.3 Å². The van der Waals surface area contributed by atoms with Gasteiger partial charge in [0.2, 0.25) is 11.8 Å². The monoisotopic (exact) mass is 613 g/mol. The number of nitrogens with one attached hydrogen (secondary N) is 2. The number of benzene rings is 2. The van der Waals surface area contributed by atoms with E-state index in [1.54, 1.807) is 30.3 Å². The lowest BCUT2D eigenvalue weighted by Crippen LogP contribution is -2.54. The topological polar surface area (TPSA) is 138 Å². The van der Waals surface area contributed by atoms with Crippen molar-refractivity contribution in [3.05, 3.63) is 95.1 Å². The van der Waals surface area contributed by atoms with Crippen LogP contribution in [0.2, 0.25) is 0 Å². The number of aromatic nitrogens is 2. The highest BCUT2D eigenvalue weighted by Crippen LogP contribution is 2.31. The molecule has 2 N–H and O–H groups in total. The number of rotatable bonds is 10. The number of hydrogen-bond donors (Lipinski definition) is 2. The molecular weight excluding hydrogens is 580 g/mol. The molecule has 1 saturated heterocycles. The summed E-state index contributed by atoms with van der Waals surface area (Å²) in [5, 5.41) is 5.50. The lowest BCUT2D eigenvalue weighted by Gasteiger charge is -2.30. The molecule has 0 spiro atoms. The quantitative estimate of drug-likeness (QED) is 0.358. The van der Waals surface area contributed by atoms with Crippen molar-refractivity contribution >= 4 is 29.3 Å². The van der Waals surface area contributed by atoms with Crippen LogP contribution >= 0.6 is 0 Å². The van der Waals surface area contributed by atoms with Crippen LogP contribution in [0.25, 0.3) is 0 Å². The summed E-state index contributed by atoms with van der Waals surface area (Å²) in [4.78, 5) is 49.9. The third-order valence-corrected chi connectivity index (χ3v) is 7.10. The van der Waals surface area contributed by atoms with Crippen LogP contribution in [0.1, 0.15) is 66.5 Å². The number of nitrogens with zero attached hydrogens (tertiary/aromatic N) is 3. The average Bonchev–Trinajstić information content (AvgIpc) is 3.49. The summed E-state index contributed by atoms with van der Waals surface area (Å²) in [5.41, 5.74) is 2.26. The van der Waals surface area contributed by atoms with Gasteiger partial charge in [-0.2, -0.15) is 8.42 Å². The minimum Gasteiger partial charge on any atom is -0.349 e. The van der Waals surface area contributed by atoms with Crippen LogP contribution in [0.3, 0.4) is 0 Å². The van der Waals surface area contributed by atoms with Gasteiger partial charge < -0.3 is 15.5 Å². The summed E-state index contributed by atoms with van der Waals surface area (Å²) >= 11 is -0.750. The highest BCUT2D eigenvalue weighted by Gasteiger charge is 2.36. The Kier molecular flexibility index (Phi) is 12.6. The van der Waals surface area contributed by atoms with Crippen molar-refractivity contribution in [2.75, 3.05) is 13.1 Å². The van der Waals surface area contributed by atoms with Gasteiger partial charge in [0.15, 0.2) is 0 Å². The molecule has 1 fully saturated rings. The van der Waals surface area contributed by atoms with Crippen LogP contribution in [0.5, 0.6) is 0 Å². The van der Waals surface area contributed by atoms with Crippen LogP contribution < -0.4 is 10.6 Å². The number of likely N-dealkylation sites (tertiary alicyclic amines) is 1. The van der Waals surface area contributed by atoms with E-state index in [9.17, 15) is 23.2 Å². The Morgan fingerprint density at radius 3 is 2.47 bits per heavy atom. The van der Waals surface area contributed by atoms with E-state index in [1.165, 1.54) is 36.4 Å². The number of carbonyl (C=O) groups is 3. The first-order valence-corrected chi connectivity index (χ1v) is 14.4. The van der Waals surface area contributed by atoms with E-state index in [1.807, 2.05) is 13.0 Å². The third kappa shape index (κ3) is 9.57. The Bertz CT molecular complexity index is 1450. The summed E-state index contributed by atoms with van der Waals surface area (Å²) in [6.45, 7) is 3.97. The van der Waals surface area contributed by atoms with E-state index in [4.69, 9.17) is 13.4 Å². The van der Waals surface area contributed by atoms with Crippen LogP contribution in [-0.4, -0.2) is 60.1 Å². The van der Waals surface area contributed by atoms with Crippen molar-refractivity contribution < 1.29 is 31.6 Å². The summed E-state index contributed by atoms with van der Waals surface area (Å²) < 4.78 is 43.5. The summed E-state index contributed by atoms with van der Waals surface area (Å²) in [6.07, 6.45) is 5.62. The molecule has 0 saturated carbocycles. The highest BCUT2D eigenvalue weighted by molar-refractivity contribution is 7.51. The zero-order valence-electron chi connectivity index (χ0n) is 23.8. The Morgan fingerprint density at radius 1 is 1.07 bits per heavy atom. The minimum atomic E-state index is -1.00. The van der Waals surface area contributed by atoms with Crippen LogP contribution in [0.15, 0.2) is 60.9 Å². The maximum Gasteiger partial charge on any atom is 0.335 e. The molecule has 4 rings (SSSR count). The van der Waals surface area contributed by atoms with Crippen molar-refractivity contribution in [3.8, 4) is 0 Å². The van der Waals surface area contributed by atoms with Gasteiger partial charge in [-0.1, -0.05) is 26.0 Å². The molecule has 1 aliphatic rings. The lowest BCUT2D eigenvalue weighted by atomic mass is 10.1. The number of halogens is 2. The molecule has 0 bridgehead atoms. The first-order chi connectivity index (χ1) is 20.7. The van der Waals surface area contributed by atoms with E-state index in [-0.39, 0.29) is 41.7 Å². The molecule has 2 aromatic carbocycles. The van der Waals surface area contributed by atoms with E-state index in [0.29, 0.717) is 37.2 Å². The van der Waals surface area contributed by atoms with Crippen molar-refractivity contribution in [2.24, 2.45) is 5.92 Å². The predicted molar refractivity (Wildman–Crippen MR) is 154 cm³/mol. The van der Waals surface area contributed by atoms with Gasteiger partial charge in [-0.15, -0.1) is 0 Å². The third-order valence-electron chi connectivity index (χ3n) is 7.10. The Morgan fingerprint density at radius 2 is 1.79 bits per heavy atom. The van der Waals surface area contributed by atoms with Crippen molar-refractivity contribution in [2.45, 2.75) is 51.6 Å². The molecule has 3 aromatic rings. The van der Waals surface area contributed by atoms with Gasteiger partial charge >= 0.3 is 11.6 Å². The van der Waals surface area contributed by atoms with Gasteiger partial charge in [0.25, 0.3) is 5.91 Å². The molecule has 13 heteroatoms. The van der Waals surface area contributed by atoms with Crippen molar-refractivity contribution in [1.29, 1.82) is 0 Å². The lowest BCUT2D eigenvalue weighted by molar-refractivity contribution is -0.138. The fourth-order valence-electron chi connectivity index (χ4n) is 4.66. The van der Waals surface area contributed by atoms with Crippen LogP contribution in [0, 0.1) is 17.6 Å². The van der Waals surface area contributed by atoms with E-state index >= 15 is 0 Å². The Labute approximate surface area is 251 Å². The maximum absolute atomic E-state index is 13.8. The number of carbonyl (C=O) groups excluding carboxylic acids is 3. The molecular formula is C30H33F2N5O5S. The SMILES string of the molecule is CC[C@@H](C)C(=O)N[C@@H](CNC(=O)c1ccc(F)cc1)C(=O)N1CCC[C@@H]1c1cncc(Cc2cccc(F)c2)n1.O=S=O. The zero-order valence-corrected chi connectivity index (χ0v) is 24.6. The number of hydrogen-bond acceptors (Lipinski definition) is 7. The maximum atomic E-state index is 13.8. The fraction of sp³-hybridized carbons (Fsp3) is 0.367.